The molecule has 4 N–H and O–H groups in total. The van der Waals surface area contributed by atoms with Crippen molar-refractivity contribution in [2.24, 2.45) is 0 Å². The summed E-state index contributed by atoms with van der Waals surface area (Å²) >= 11 is 0. The van der Waals surface area contributed by atoms with E-state index in [1.807, 2.05) is 48.7 Å². The van der Waals surface area contributed by atoms with E-state index < -0.39 is 12.2 Å². The maximum absolute atomic E-state index is 14.2. The Hall–Kier alpha value is -4.11. The normalized spacial score (nSPS) is 12.7. The molecule has 0 spiro atoms. The summed E-state index contributed by atoms with van der Waals surface area (Å²) in [5.41, 5.74) is 5.43. The number of nitrogens with zero attached hydrogens (tertiary/aromatic N) is 1. The lowest BCUT2D eigenvalue weighted by Gasteiger charge is -2.20. The summed E-state index contributed by atoms with van der Waals surface area (Å²) in [6, 6.07) is 22.6. The zero-order valence-corrected chi connectivity index (χ0v) is 24.8. The number of hydrogen-bond donors (Lipinski definition) is 4. The number of ketones is 1. The first kappa shape index (κ1) is 31.8. The summed E-state index contributed by atoms with van der Waals surface area (Å²) < 4.78 is 16.1. The van der Waals surface area contributed by atoms with Gasteiger partial charge in [0.1, 0.15) is 11.6 Å². The van der Waals surface area contributed by atoms with Crippen LogP contribution in [0.15, 0.2) is 78.9 Å². The van der Waals surface area contributed by atoms with Gasteiger partial charge in [0.05, 0.1) is 30.1 Å². The maximum Gasteiger partial charge on any atom is 0.258 e. The van der Waals surface area contributed by atoms with E-state index in [1.165, 1.54) is 19.1 Å². The molecule has 43 heavy (non-hydrogen) atoms. The predicted molar refractivity (Wildman–Crippen MR) is 166 cm³/mol. The van der Waals surface area contributed by atoms with Gasteiger partial charge in [-0.15, -0.1) is 0 Å². The highest BCUT2D eigenvalue weighted by atomic mass is 19.1. The van der Waals surface area contributed by atoms with Crippen LogP contribution in [0, 0.1) is 5.82 Å². The highest BCUT2D eigenvalue weighted by Gasteiger charge is 2.31. The second-order valence-corrected chi connectivity index (χ2v) is 11.2. The van der Waals surface area contributed by atoms with E-state index in [0.717, 1.165) is 16.8 Å². The monoisotopic (exact) mass is 586 g/mol. The molecule has 0 bridgehead atoms. The van der Waals surface area contributed by atoms with Crippen molar-refractivity contribution in [1.82, 2.24) is 4.57 Å². The number of benzene rings is 3. The quantitative estimate of drug-likeness (QED) is 0.147. The van der Waals surface area contributed by atoms with Crippen molar-refractivity contribution in [3.63, 3.8) is 0 Å². The van der Waals surface area contributed by atoms with Crippen molar-refractivity contribution in [2.75, 3.05) is 5.32 Å². The number of aliphatic hydroxyl groups is 3. The third kappa shape index (κ3) is 7.84. The zero-order valence-electron chi connectivity index (χ0n) is 24.8. The number of aliphatic hydroxyl groups excluding tert-OH is 3. The van der Waals surface area contributed by atoms with Gasteiger partial charge in [0.25, 0.3) is 5.91 Å². The van der Waals surface area contributed by atoms with Crippen molar-refractivity contribution >= 4 is 17.4 Å². The highest BCUT2D eigenvalue weighted by Crippen LogP contribution is 2.42. The number of amides is 1. The number of aromatic nitrogens is 1. The fourth-order valence-electron chi connectivity index (χ4n) is 5.51. The number of Topliss-reactive ketones (excluding diaryl/α,β-unsaturated/α-hetero) is 1. The maximum atomic E-state index is 14.2. The highest BCUT2D eigenvalue weighted by molar-refractivity contribution is 6.12. The molecule has 0 aliphatic carbocycles. The van der Waals surface area contributed by atoms with E-state index in [9.17, 15) is 29.3 Å². The SMILES string of the molecule is CC(=O)C[C@H](O)C[C@H](O)CCn1c(-c2ccc(F)cc2)c(-c2ccccc2)c(C(=O)Nc2ccc(CO)cc2)c1C(C)C. The zero-order chi connectivity index (χ0) is 31.1. The van der Waals surface area contributed by atoms with Gasteiger partial charge in [0.15, 0.2) is 0 Å². The van der Waals surface area contributed by atoms with Crippen LogP contribution in [0.2, 0.25) is 0 Å². The van der Waals surface area contributed by atoms with Gasteiger partial charge in [-0.05, 0) is 78.8 Å². The second kappa shape index (κ2) is 14.4. The number of carbonyl (C=O) groups is 2. The molecular formula is C35H39FN2O5. The Labute approximate surface area is 251 Å². The molecule has 8 heteroatoms. The first-order valence-corrected chi connectivity index (χ1v) is 14.5. The Morgan fingerprint density at radius 3 is 2.12 bits per heavy atom. The molecule has 4 aromatic rings. The molecule has 4 rings (SSSR count). The van der Waals surface area contributed by atoms with E-state index in [0.29, 0.717) is 34.6 Å². The molecule has 0 radical (unpaired) electrons. The van der Waals surface area contributed by atoms with Crippen LogP contribution in [0.4, 0.5) is 10.1 Å². The van der Waals surface area contributed by atoms with E-state index in [-0.39, 0.29) is 49.3 Å². The first-order valence-electron chi connectivity index (χ1n) is 14.5. The first-order chi connectivity index (χ1) is 20.6. The molecule has 0 unspecified atom stereocenters. The Kier molecular flexibility index (Phi) is 10.6. The molecule has 226 valence electrons. The average Bonchev–Trinajstić information content (AvgIpc) is 3.32. The van der Waals surface area contributed by atoms with Crippen LogP contribution in [-0.4, -0.2) is 43.8 Å². The molecule has 0 aliphatic heterocycles. The molecule has 7 nitrogen and oxygen atoms in total. The minimum atomic E-state index is -0.947. The minimum absolute atomic E-state index is 0.0274. The average molecular weight is 587 g/mol. The Morgan fingerprint density at radius 2 is 1.53 bits per heavy atom. The molecule has 0 saturated heterocycles. The number of hydrogen-bond acceptors (Lipinski definition) is 5. The summed E-state index contributed by atoms with van der Waals surface area (Å²) in [4.78, 5) is 25.6. The second-order valence-electron chi connectivity index (χ2n) is 11.2. The van der Waals surface area contributed by atoms with Crippen molar-refractivity contribution in [3.05, 3.63) is 102 Å². The number of nitrogens with one attached hydrogen (secondary N) is 1. The van der Waals surface area contributed by atoms with Crippen molar-refractivity contribution in [2.45, 2.75) is 71.3 Å². The Bertz CT molecular complexity index is 1530. The third-order valence-electron chi connectivity index (χ3n) is 7.41. The predicted octanol–water partition coefficient (Wildman–Crippen LogP) is 6.31. The van der Waals surface area contributed by atoms with Crippen LogP contribution in [0.3, 0.4) is 0 Å². The number of halogens is 1. The molecular weight excluding hydrogens is 547 g/mol. The summed E-state index contributed by atoms with van der Waals surface area (Å²) in [6.45, 7) is 5.60. The lowest BCUT2D eigenvalue weighted by atomic mass is 9.94. The molecule has 1 amide bonds. The number of rotatable bonds is 13. The van der Waals surface area contributed by atoms with Gasteiger partial charge in [-0.2, -0.15) is 0 Å². The van der Waals surface area contributed by atoms with Gasteiger partial charge >= 0.3 is 0 Å². The van der Waals surface area contributed by atoms with Crippen LogP contribution < -0.4 is 5.32 Å². The van der Waals surface area contributed by atoms with Gasteiger partial charge in [0, 0.05) is 29.9 Å². The van der Waals surface area contributed by atoms with Crippen molar-refractivity contribution < 1.29 is 29.3 Å². The fourth-order valence-corrected chi connectivity index (χ4v) is 5.51. The molecule has 0 fully saturated rings. The van der Waals surface area contributed by atoms with Gasteiger partial charge in [-0.1, -0.05) is 56.3 Å². The molecule has 1 aromatic heterocycles. The van der Waals surface area contributed by atoms with Gasteiger partial charge in [-0.25, -0.2) is 4.39 Å². The fraction of sp³-hybridized carbons (Fsp3) is 0.314. The van der Waals surface area contributed by atoms with Crippen molar-refractivity contribution in [3.8, 4) is 22.4 Å². The molecule has 1 heterocycles. The van der Waals surface area contributed by atoms with Gasteiger partial charge in [0.2, 0.25) is 0 Å². The number of carbonyl (C=O) groups excluding carboxylic acids is 2. The molecule has 3 aromatic carbocycles. The van der Waals surface area contributed by atoms with E-state index >= 15 is 0 Å². The summed E-state index contributed by atoms with van der Waals surface area (Å²) in [5, 5.41) is 33.5. The summed E-state index contributed by atoms with van der Waals surface area (Å²) in [6.07, 6.45) is -1.56. The van der Waals surface area contributed by atoms with Crippen LogP contribution in [0.25, 0.3) is 22.4 Å². The Morgan fingerprint density at radius 1 is 0.884 bits per heavy atom. The van der Waals surface area contributed by atoms with Crippen molar-refractivity contribution in [1.29, 1.82) is 0 Å². The molecule has 0 saturated carbocycles. The summed E-state index contributed by atoms with van der Waals surface area (Å²) in [5.74, 6) is -0.972. The van der Waals surface area contributed by atoms with Gasteiger partial charge in [-0.3, -0.25) is 9.59 Å². The smallest absolute Gasteiger partial charge is 0.258 e. The van der Waals surface area contributed by atoms with Crippen LogP contribution in [0.1, 0.15) is 67.6 Å². The lowest BCUT2D eigenvalue weighted by molar-refractivity contribution is -0.119. The lowest BCUT2D eigenvalue weighted by Crippen LogP contribution is -2.22. The molecule has 2 atom stereocenters. The topological polar surface area (TPSA) is 112 Å². The van der Waals surface area contributed by atoms with E-state index in [4.69, 9.17) is 0 Å². The van der Waals surface area contributed by atoms with Crippen LogP contribution >= 0.6 is 0 Å². The Balaban J connectivity index is 1.88. The summed E-state index contributed by atoms with van der Waals surface area (Å²) in [7, 11) is 0. The minimum Gasteiger partial charge on any atom is -0.393 e. The third-order valence-corrected chi connectivity index (χ3v) is 7.41. The van der Waals surface area contributed by atoms with Crippen LogP contribution in [0.5, 0.6) is 0 Å². The van der Waals surface area contributed by atoms with E-state index in [2.05, 4.69) is 5.32 Å². The largest absolute Gasteiger partial charge is 0.393 e. The van der Waals surface area contributed by atoms with Gasteiger partial charge < -0.3 is 25.2 Å². The number of anilines is 1. The standard InChI is InChI=1S/C35H39FN2O5/c1-22(2)33-32(35(43)37-28-15-9-24(21-39)10-16-28)31(25-7-5-4-6-8-25)34(26-11-13-27(36)14-12-26)38(33)18-17-29(41)20-30(42)19-23(3)40/h4-16,22,29-30,39,41-42H,17-21H2,1-3H3,(H,37,43)/t29-,30+/m1/s1. The van der Waals surface area contributed by atoms with E-state index in [1.54, 1.807) is 36.4 Å². The molecule has 0 aliphatic rings. The van der Waals surface area contributed by atoms with Crippen LogP contribution in [-0.2, 0) is 17.9 Å².